The number of hydrogen-bond donors (Lipinski definition) is 1. The molecule has 29 heavy (non-hydrogen) atoms. The molecule has 1 unspecified atom stereocenters. The smallest absolute Gasteiger partial charge is 0.363 e. The van der Waals surface area contributed by atoms with Gasteiger partial charge in [0.15, 0.2) is 0 Å². The molecule has 0 heterocycles. The molecule has 2 rings (SSSR count). The summed E-state index contributed by atoms with van der Waals surface area (Å²) in [4.78, 5) is 11.6. The lowest BCUT2D eigenvalue weighted by Gasteiger charge is -2.24. The second-order valence-corrected chi connectivity index (χ2v) is 6.33. The molecule has 0 aliphatic heterocycles. The monoisotopic (exact) mass is 404 g/mol. The highest BCUT2D eigenvalue weighted by molar-refractivity contribution is 5.72. The highest BCUT2D eigenvalue weighted by Gasteiger charge is 2.25. The van der Waals surface area contributed by atoms with E-state index in [4.69, 9.17) is 18.9 Å². The average Bonchev–Trinajstić information content (AvgIpc) is 2.77. The fourth-order valence-electron chi connectivity index (χ4n) is 2.54. The third-order valence-electron chi connectivity index (χ3n) is 4.16. The number of ether oxygens (including phenoxy) is 5. The number of methoxy groups -OCH3 is 2. The number of hydrogen-bond acceptors (Lipinski definition) is 7. The molecule has 0 amide bonds. The van der Waals surface area contributed by atoms with Gasteiger partial charge in [-0.2, -0.15) is 0 Å². The van der Waals surface area contributed by atoms with Crippen LogP contribution < -0.4 is 0 Å². The number of aliphatic hydroxyl groups excluding tert-OH is 1. The first-order chi connectivity index (χ1) is 14.1. The summed E-state index contributed by atoms with van der Waals surface area (Å²) in [5, 5.41) is 10.5. The lowest BCUT2D eigenvalue weighted by molar-refractivity contribution is -0.197. The van der Waals surface area contributed by atoms with Crippen LogP contribution in [0.4, 0.5) is 0 Å². The summed E-state index contributed by atoms with van der Waals surface area (Å²) >= 11 is 0. The van der Waals surface area contributed by atoms with Gasteiger partial charge < -0.3 is 28.8 Å². The van der Waals surface area contributed by atoms with Crippen LogP contribution in [-0.2, 0) is 41.7 Å². The van der Waals surface area contributed by atoms with E-state index >= 15 is 0 Å². The maximum atomic E-state index is 11.6. The zero-order valence-electron chi connectivity index (χ0n) is 16.7. The van der Waals surface area contributed by atoms with Crippen LogP contribution in [0.1, 0.15) is 11.1 Å². The Balaban J connectivity index is 1.91. The van der Waals surface area contributed by atoms with Crippen molar-refractivity contribution in [3.05, 3.63) is 71.8 Å². The van der Waals surface area contributed by atoms with Crippen molar-refractivity contribution in [2.24, 2.45) is 0 Å². The second-order valence-electron chi connectivity index (χ2n) is 6.33. The van der Waals surface area contributed by atoms with Gasteiger partial charge in [-0.25, -0.2) is 4.79 Å². The Hall–Kier alpha value is -2.29. The van der Waals surface area contributed by atoms with Crippen molar-refractivity contribution >= 4 is 5.97 Å². The van der Waals surface area contributed by atoms with Gasteiger partial charge in [0, 0.05) is 7.11 Å². The molecule has 0 bridgehead atoms. The van der Waals surface area contributed by atoms with Crippen molar-refractivity contribution in [3.8, 4) is 0 Å². The summed E-state index contributed by atoms with van der Waals surface area (Å²) < 4.78 is 26.4. The van der Waals surface area contributed by atoms with Crippen molar-refractivity contribution in [2.75, 3.05) is 27.4 Å². The van der Waals surface area contributed by atoms with Gasteiger partial charge in [-0.05, 0) is 11.1 Å². The van der Waals surface area contributed by atoms with E-state index < -0.39 is 24.5 Å². The summed E-state index contributed by atoms with van der Waals surface area (Å²) in [6, 6.07) is 19.3. The van der Waals surface area contributed by atoms with Gasteiger partial charge in [-0.3, -0.25) is 0 Å². The van der Waals surface area contributed by atoms with E-state index in [1.165, 1.54) is 14.2 Å². The van der Waals surface area contributed by atoms with Gasteiger partial charge in [-0.1, -0.05) is 60.7 Å². The highest BCUT2D eigenvalue weighted by atomic mass is 16.7. The molecule has 2 aromatic rings. The molecule has 3 atom stereocenters. The standard InChI is InChI=1S/C22H28O7/c1-25-21(24)22(26-2)29-15-19(23)20(28-14-18-11-7-4-8-12-18)16-27-13-17-9-5-3-6-10-17/h3-12,19-20,22-23H,13-16H2,1-2H3/t19-,20-,22?/m1/s1. The van der Waals surface area contributed by atoms with Crippen LogP contribution in [0.5, 0.6) is 0 Å². The molecule has 1 N–H and O–H groups in total. The van der Waals surface area contributed by atoms with E-state index in [2.05, 4.69) is 4.74 Å². The topological polar surface area (TPSA) is 83.5 Å². The second kappa shape index (κ2) is 13.0. The van der Waals surface area contributed by atoms with E-state index in [1.807, 2.05) is 60.7 Å². The molecule has 0 aromatic heterocycles. The third-order valence-corrected chi connectivity index (χ3v) is 4.16. The van der Waals surface area contributed by atoms with Crippen molar-refractivity contribution in [2.45, 2.75) is 31.7 Å². The largest absolute Gasteiger partial charge is 0.465 e. The number of esters is 1. The Morgan fingerprint density at radius 2 is 1.45 bits per heavy atom. The van der Waals surface area contributed by atoms with Gasteiger partial charge >= 0.3 is 5.97 Å². The molecule has 158 valence electrons. The van der Waals surface area contributed by atoms with Crippen molar-refractivity contribution < 1.29 is 33.6 Å². The number of carbonyl (C=O) groups excluding carboxylic acids is 1. The molecular formula is C22H28O7. The van der Waals surface area contributed by atoms with Gasteiger partial charge in [-0.15, -0.1) is 0 Å². The number of aliphatic hydroxyl groups is 1. The Kier molecular flexibility index (Phi) is 10.3. The van der Waals surface area contributed by atoms with Crippen LogP contribution in [0.3, 0.4) is 0 Å². The minimum atomic E-state index is -1.21. The Morgan fingerprint density at radius 1 is 0.862 bits per heavy atom. The summed E-state index contributed by atoms with van der Waals surface area (Å²) in [5.74, 6) is -0.679. The minimum absolute atomic E-state index is 0.155. The Bertz CT molecular complexity index is 693. The SMILES string of the molecule is COC(=O)C(OC)OC[C@@H](O)[C@@H](COCc1ccccc1)OCc1ccccc1. The summed E-state index contributed by atoms with van der Waals surface area (Å²) in [6.45, 7) is 0.675. The summed E-state index contributed by atoms with van der Waals surface area (Å²) in [6.07, 6.45) is -2.90. The molecule has 0 fully saturated rings. The number of carbonyl (C=O) groups is 1. The summed E-state index contributed by atoms with van der Waals surface area (Å²) in [5.41, 5.74) is 1.99. The van der Waals surface area contributed by atoms with Crippen LogP contribution in [0.25, 0.3) is 0 Å². The fraction of sp³-hybridized carbons (Fsp3) is 0.409. The summed E-state index contributed by atoms with van der Waals surface area (Å²) in [7, 11) is 2.55. The van der Waals surface area contributed by atoms with Gasteiger partial charge in [0.25, 0.3) is 6.29 Å². The van der Waals surface area contributed by atoms with E-state index in [0.29, 0.717) is 13.2 Å². The Morgan fingerprint density at radius 3 is 2.00 bits per heavy atom. The molecule has 0 saturated carbocycles. The molecule has 7 nitrogen and oxygen atoms in total. The van der Waals surface area contributed by atoms with Crippen LogP contribution in [0.2, 0.25) is 0 Å². The van der Waals surface area contributed by atoms with E-state index in [9.17, 15) is 9.90 Å². The molecule has 0 aliphatic carbocycles. The first kappa shape index (κ1) is 23.0. The molecular weight excluding hydrogens is 376 g/mol. The Labute approximate surface area is 171 Å². The van der Waals surface area contributed by atoms with Crippen LogP contribution in [-0.4, -0.2) is 57.0 Å². The van der Waals surface area contributed by atoms with Crippen molar-refractivity contribution in [1.29, 1.82) is 0 Å². The van der Waals surface area contributed by atoms with Gasteiger partial charge in [0.05, 0.1) is 33.5 Å². The maximum Gasteiger partial charge on any atom is 0.363 e. The predicted octanol–water partition coefficient (Wildman–Crippen LogP) is 2.31. The lowest BCUT2D eigenvalue weighted by atomic mass is 10.2. The average molecular weight is 404 g/mol. The first-order valence-electron chi connectivity index (χ1n) is 9.31. The minimum Gasteiger partial charge on any atom is -0.465 e. The normalized spacial score (nSPS) is 14.2. The number of rotatable bonds is 13. The number of benzene rings is 2. The molecule has 2 aromatic carbocycles. The fourth-order valence-corrected chi connectivity index (χ4v) is 2.54. The molecule has 0 saturated heterocycles. The van der Waals surface area contributed by atoms with E-state index in [1.54, 1.807) is 0 Å². The first-order valence-corrected chi connectivity index (χ1v) is 9.31. The lowest BCUT2D eigenvalue weighted by Crippen LogP contribution is -2.39. The highest BCUT2D eigenvalue weighted by Crippen LogP contribution is 2.11. The van der Waals surface area contributed by atoms with Gasteiger partial charge in [0.1, 0.15) is 12.2 Å². The molecule has 7 heteroatoms. The van der Waals surface area contributed by atoms with Crippen molar-refractivity contribution in [3.63, 3.8) is 0 Å². The zero-order valence-corrected chi connectivity index (χ0v) is 16.7. The quantitative estimate of drug-likeness (QED) is 0.405. The third kappa shape index (κ3) is 8.31. The van der Waals surface area contributed by atoms with Crippen LogP contribution >= 0.6 is 0 Å². The maximum absolute atomic E-state index is 11.6. The molecule has 0 radical (unpaired) electrons. The van der Waals surface area contributed by atoms with Crippen LogP contribution in [0, 0.1) is 0 Å². The molecule has 0 aliphatic rings. The predicted molar refractivity (Wildman–Crippen MR) is 106 cm³/mol. The molecule has 0 spiro atoms. The van der Waals surface area contributed by atoms with Crippen molar-refractivity contribution in [1.82, 2.24) is 0 Å². The van der Waals surface area contributed by atoms with E-state index in [-0.39, 0.29) is 13.2 Å². The zero-order chi connectivity index (χ0) is 20.9. The van der Waals surface area contributed by atoms with E-state index in [0.717, 1.165) is 11.1 Å². The van der Waals surface area contributed by atoms with Crippen LogP contribution in [0.15, 0.2) is 60.7 Å². The van der Waals surface area contributed by atoms with Gasteiger partial charge in [0.2, 0.25) is 0 Å².